The fourth-order valence-electron chi connectivity index (χ4n) is 2.19. The van der Waals surface area contributed by atoms with Gasteiger partial charge < -0.3 is 14.5 Å². The number of rotatable bonds is 4. The van der Waals surface area contributed by atoms with Gasteiger partial charge in [0.25, 0.3) is 5.91 Å². The van der Waals surface area contributed by atoms with E-state index in [-0.39, 0.29) is 5.91 Å². The summed E-state index contributed by atoms with van der Waals surface area (Å²) in [5.41, 5.74) is 1.25. The van der Waals surface area contributed by atoms with Crippen molar-refractivity contribution in [2.24, 2.45) is 0 Å². The van der Waals surface area contributed by atoms with Crippen molar-refractivity contribution in [3.05, 3.63) is 51.7 Å². The van der Waals surface area contributed by atoms with Crippen molar-refractivity contribution in [1.82, 2.24) is 4.98 Å². The summed E-state index contributed by atoms with van der Waals surface area (Å²) in [5.74, 6) is 1.78. The van der Waals surface area contributed by atoms with Gasteiger partial charge in [-0.05, 0) is 44.2 Å². The van der Waals surface area contributed by atoms with E-state index in [9.17, 15) is 4.79 Å². The number of carbonyl (C=O) groups excluding carboxylic acids is 1. The molecule has 0 unspecified atom stereocenters. The number of furan rings is 1. The Morgan fingerprint density at radius 1 is 1.29 bits per heavy atom. The molecule has 3 rings (SSSR count). The van der Waals surface area contributed by atoms with E-state index in [2.05, 4.69) is 10.3 Å². The molecule has 0 saturated heterocycles. The Morgan fingerprint density at radius 3 is 2.71 bits per heavy atom. The largest absolute Gasteiger partial charge is 0.495 e. The second-order valence-electron chi connectivity index (χ2n) is 5.15. The standard InChI is InChI=1S/C17H15ClN2O3S/c1-9-4-6-14(23-9)17-19-10(2)15(24-17)16(21)20-11-5-7-13(22-3)12(18)8-11/h4-8H,1-3H3,(H,20,21). The minimum atomic E-state index is -0.235. The zero-order valence-corrected chi connectivity index (χ0v) is 14.9. The Balaban J connectivity index is 1.83. The molecular formula is C17H15ClN2O3S. The van der Waals surface area contributed by atoms with Gasteiger partial charge in [0.05, 0.1) is 17.8 Å². The Kier molecular flexibility index (Phi) is 4.59. The molecule has 1 N–H and O–H groups in total. The third kappa shape index (κ3) is 3.29. The number of hydrogen-bond donors (Lipinski definition) is 1. The van der Waals surface area contributed by atoms with Crippen LogP contribution in [0.2, 0.25) is 5.02 Å². The first-order valence-electron chi connectivity index (χ1n) is 7.17. The van der Waals surface area contributed by atoms with Crippen LogP contribution in [0.15, 0.2) is 34.7 Å². The highest BCUT2D eigenvalue weighted by molar-refractivity contribution is 7.17. The van der Waals surface area contributed by atoms with Gasteiger partial charge in [-0.25, -0.2) is 4.98 Å². The van der Waals surface area contributed by atoms with Crippen molar-refractivity contribution in [3.63, 3.8) is 0 Å². The molecule has 7 heteroatoms. The first-order chi connectivity index (χ1) is 11.5. The first kappa shape index (κ1) is 16.5. The fraction of sp³-hybridized carbons (Fsp3) is 0.176. The number of aromatic nitrogens is 1. The zero-order chi connectivity index (χ0) is 17.3. The van der Waals surface area contributed by atoms with E-state index in [0.717, 1.165) is 5.76 Å². The first-order valence-corrected chi connectivity index (χ1v) is 8.36. The van der Waals surface area contributed by atoms with Gasteiger partial charge in [0.1, 0.15) is 16.4 Å². The summed E-state index contributed by atoms with van der Waals surface area (Å²) in [7, 11) is 1.54. The second-order valence-corrected chi connectivity index (χ2v) is 6.55. The van der Waals surface area contributed by atoms with Gasteiger partial charge in [-0.15, -0.1) is 11.3 Å². The number of nitrogens with one attached hydrogen (secondary N) is 1. The summed E-state index contributed by atoms with van der Waals surface area (Å²) in [5, 5.41) is 3.93. The summed E-state index contributed by atoms with van der Waals surface area (Å²) in [6.07, 6.45) is 0. The Labute approximate surface area is 148 Å². The molecular weight excluding hydrogens is 348 g/mol. The van der Waals surface area contributed by atoms with E-state index in [1.54, 1.807) is 25.1 Å². The molecule has 0 spiro atoms. The molecule has 0 aliphatic heterocycles. The average molecular weight is 363 g/mol. The summed E-state index contributed by atoms with van der Waals surface area (Å²) in [6, 6.07) is 8.79. The van der Waals surface area contributed by atoms with Crippen LogP contribution in [0.5, 0.6) is 5.75 Å². The lowest BCUT2D eigenvalue weighted by Gasteiger charge is -2.07. The lowest BCUT2D eigenvalue weighted by Crippen LogP contribution is -2.11. The molecule has 3 aromatic rings. The number of aryl methyl sites for hydroxylation is 2. The van der Waals surface area contributed by atoms with E-state index < -0.39 is 0 Å². The fourth-order valence-corrected chi connectivity index (χ4v) is 3.37. The number of amides is 1. The Hall–Kier alpha value is -2.31. The normalized spacial score (nSPS) is 10.7. The van der Waals surface area contributed by atoms with Crippen LogP contribution >= 0.6 is 22.9 Å². The van der Waals surface area contributed by atoms with Gasteiger partial charge in [-0.1, -0.05) is 11.6 Å². The number of anilines is 1. The SMILES string of the molecule is COc1ccc(NC(=O)c2sc(-c3ccc(C)o3)nc2C)cc1Cl. The van der Waals surface area contributed by atoms with E-state index in [0.29, 0.717) is 37.8 Å². The second kappa shape index (κ2) is 6.67. The number of carbonyl (C=O) groups is 1. The molecule has 0 bridgehead atoms. The maximum Gasteiger partial charge on any atom is 0.267 e. The van der Waals surface area contributed by atoms with Crippen molar-refractivity contribution < 1.29 is 13.9 Å². The quantitative estimate of drug-likeness (QED) is 0.714. The Morgan fingerprint density at radius 2 is 2.08 bits per heavy atom. The molecule has 1 amide bonds. The number of methoxy groups -OCH3 is 1. The van der Waals surface area contributed by atoms with Gasteiger partial charge in [-0.2, -0.15) is 0 Å². The molecule has 0 aliphatic carbocycles. The van der Waals surface area contributed by atoms with E-state index >= 15 is 0 Å². The van der Waals surface area contributed by atoms with Crippen LogP contribution in [0.4, 0.5) is 5.69 Å². The number of thiazole rings is 1. The van der Waals surface area contributed by atoms with Crippen molar-refractivity contribution in [1.29, 1.82) is 0 Å². The highest BCUT2D eigenvalue weighted by Gasteiger charge is 2.18. The van der Waals surface area contributed by atoms with Crippen molar-refractivity contribution in [2.45, 2.75) is 13.8 Å². The lowest BCUT2D eigenvalue weighted by molar-refractivity contribution is 0.103. The van der Waals surface area contributed by atoms with Crippen LogP contribution in [0.3, 0.4) is 0 Å². The average Bonchev–Trinajstić information content (AvgIpc) is 3.13. The van der Waals surface area contributed by atoms with Crippen LogP contribution in [0, 0.1) is 13.8 Å². The topological polar surface area (TPSA) is 64.4 Å². The van der Waals surface area contributed by atoms with Crippen molar-refractivity contribution in [2.75, 3.05) is 12.4 Å². The minimum Gasteiger partial charge on any atom is -0.495 e. The van der Waals surface area contributed by atoms with Crippen LogP contribution in [0.1, 0.15) is 21.1 Å². The van der Waals surface area contributed by atoms with E-state index in [1.165, 1.54) is 18.4 Å². The van der Waals surface area contributed by atoms with Gasteiger partial charge in [-0.3, -0.25) is 4.79 Å². The van der Waals surface area contributed by atoms with Crippen LogP contribution in [-0.4, -0.2) is 18.0 Å². The third-order valence-corrected chi connectivity index (χ3v) is 4.83. The summed E-state index contributed by atoms with van der Waals surface area (Å²) >= 11 is 7.37. The smallest absolute Gasteiger partial charge is 0.267 e. The van der Waals surface area contributed by atoms with Gasteiger partial charge in [0.15, 0.2) is 10.8 Å². The molecule has 2 aromatic heterocycles. The number of nitrogens with zero attached hydrogens (tertiary/aromatic N) is 1. The summed E-state index contributed by atoms with van der Waals surface area (Å²) in [4.78, 5) is 17.5. The van der Waals surface area contributed by atoms with E-state index in [1.807, 2.05) is 19.1 Å². The number of halogens is 1. The molecule has 124 valence electrons. The van der Waals surface area contributed by atoms with Gasteiger partial charge in [0.2, 0.25) is 0 Å². The van der Waals surface area contributed by atoms with E-state index in [4.69, 9.17) is 20.8 Å². The Bertz CT molecular complexity index is 901. The highest BCUT2D eigenvalue weighted by atomic mass is 35.5. The lowest BCUT2D eigenvalue weighted by atomic mass is 10.3. The number of ether oxygens (including phenoxy) is 1. The van der Waals surface area contributed by atoms with Gasteiger partial charge >= 0.3 is 0 Å². The number of benzene rings is 1. The molecule has 0 saturated carbocycles. The zero-order valence-electron chi connectivity index (χ0n) is 13.3. The summed E-state index contributed by atoms with van der Waals surface area (Å²) < 4.78 is 10.7. The number of hydrogen-bond acceptors (Lipinski definition) is 5. The predicted octanol–water partition coefficient (Wildman–Crippen LogP) is 4.93. The molecule has 0 radical (unpaired) electrons. The molecule has 2 heterocycles. The molecule has 0 aliphatic rings. The molecule has 1 aromatic carbocycles. The monoisotopic (exact) mass is 362 g/mol. The van der Waals surface area contributed by atoms with Crippen LogP contribution in [0.25, 0.3) is 10.8 Å². The van der Waals surface area contributed by atoms with Crippen LogP contribution in [-0.2, 0) is 0 Å². The molecule has 0 fully saturated rings. The molecule has 5 nitrogen and oxygen atoms in total. The minimum absolute atomic E-state index is 0.235. The van der Waals surface area contributed by atoms with Gasteiger partial charge in [0, 0.05) is 5.69 Å². The molecule has 0 atom stereocenters. The van der Waals surface area contributed by atoms with Crippen molar-refractivity contribution in [3.8, 4) is 16.5 Å². The predicted molar refractivity (Wildman–Crippen MR) is 95.2 cm³/mol. The van der Waals surface area contributed by atoms with Crippen LogP contribution < -0.4 is 10.1 Å². The maximum absolute atomic E-state index is 12.5. The highest BCUT2D eigenvalue weighted by Crippen LogP contribution is 2.31. The molecule has 24 heavy (non-hydrogen) atoms. The third-order valence-electron chi connectivity index (χ3n) is 3.36. The maximum atomic E-state index is 12.5. The summed E-state index contributed by atoms with van der Waals surface area (Å²) in [6.45, 7) is 3.66. The van der Waals surface area contributed by atoms with Crippen molar-refractivity contribution >= 4 is 34.5 Å².